The van der Waals surface area contributed by atoms with E-state index in [1.807, 2.05) is 42.7 Å². The summed E-state index contributed by atoms with van der Waals surface area (Å²) in [6.07, 6.45) is 7.43. The minimum Gasteiger partial charge on any atom is -0.458 e. The van der Waals surface area contributed by atoms with Crippen molar-refractivity contribution in [3.05, 3.63) is 122 Å². The van der Waals surface area contributed by atoms with Gasteiger partial charge in [-0.2, -0.15) is 0 Å². The number of rotatable bonds is 3. The largest absolute Gasteiger partial charge is 0.458 e. The molecule has 5 heterocycles. The lowest BCUT2D eigenvalue weighted by atomic mass is 9.33. The highest BCUT2D eigenvalue weighted by molar-refractivity contribution is 7.00. The molecule has 0 spiro atoms. The van der Waals surface area contributed by atoms with Crippen LogP contribution in [-0.2, 0) is 0 Å². The van der Waals surface area contributed by atoms with Crippen LogP contribution < -0.4 is 30.8 Å². The van der Waals surface area contributed by atoms with Gasteiger partial charge in [0.25, 0.3) is 6.71 Å². The molecule has 40 heavy (non-hydrogen) atoms. The molecule has 0 bridgehead atoms. The van der Waals surface area contributed by atoms with Crippen molar-refractivity contribution in [3.63, 3.8) is 0 Å². The minimum absolute atomic E-state index is 0.0432. The van der Waals surface area contributed by atoms with E-state index in [0.29, 0.717) is 0 Å². The van der Waals surface area contributed by atoms with E-state index in [1.165, 1.54) is 10.9 Å². The molecule has 2 aromatic heterocycles. The average molecular weight is 513 g/mol. The van der Waals surface area contributed by atoms with Crippen molar-refractivity contribution in [3.8, 4) is 45.3 Å². The molecule has 0 unspecified atom stereocenters. The van der Waals surface area contributed by atoms with E-state index in [1.54, 1.807) is 12.4 Å². The zero-order valence-electron chi connectivity index (χ0n) is 21.3. The zero-order valence-corrected chi connectivity index (χ0v) is 21.3. The van der Waals surface area contributed by atoms with E-state index in [4.69, 9.17) is 9.47 Å². The molecular formula is C34H20BN3O2. The Bertz CT molecular complexity index is 1840. The van der Waals surface area contributed by atoms with Crippen molar-refractivity contribution >= 4 is 40.2 Å². The Kier molecular flexibility index (Phi) is 4.35. The van der Waals surface area contributed by atoms with E-state index in [-0.39, 0.29) is 6.71 Å². The van der Waals surface area contributed by atoms with Gasteiger partial charge < -0.3 is 14.4 Å². The molecule has 0 atom stereocenters. The van der Waals surface area contributed by atoms with Gasteiger partial charge in [-0.05, 0) is 88.8 Å². The maximum Gasteiger partial charge on any atom is 0.266 e. The van der Waals surface area contributed by atoms with E-state index in [2.05, 4.69) is 81.6 Å². The van der Waals surface area contributed by atoms with E-state index >= 15 is 0 Å². The van der Waals surface area contributed by atoms with Crippen LogP contribution in [-0.4, -0.2) is 16.7 Å². The molecule has 6 aromatic rings. The standard InChI is InChI=1S/C34H20BN3O2/c1-8-26-32-28(10-1)39-30-12-3-13-31-34(30)35(32)33-27(9-2-11-29(33)40-31)38(26)25-17-23(21-6-4-14-36-19-21)16-24(18-25)22-7-5-15-37-20-22/h1-20H. The number of anilines is 3. The van der Waals surface area contributed by atoms with Crippen molar-refractivity contribution in [1.29, 1.82) is 0 Å². The Hall–Kier alpha value is -5.36. The summed E-state index contributed by atoms with van der Waals surface area (Å²) >= 11 is 0. The van der Waals surface area contributed by atoms with E-state index in [0.717, 1.165) is 67.8 Å². The van der Waals surface area contributed by atoms with Gasteiger partial charge in [-0.1, -0.05) is 30.3 Å². The maximum atomic E-state index is 6.50. The summed E-state index contributed by atoms with van der Waals surface area (Å²) in [5, 5.41) is 0. The molecule has 0 fully saturated rings. The highest BCUT2D eigenvalue weighted by Gasteiger charge is 2.47. The molecule has 0 radical (unpaired) electrons. The van der Waals surface area contributed by atoms with Gasteiger partial charge in [0.15, 0.2) is 0 Å². The fraction of sp³-hybridized carbons (Fsp3) is 0. The van der Waals surface area contributed by atoms with Gasteiger partial charge in [-0.15, -0.1) is 0 Å². The first kappa shape index (κ1) is 21.6. The molecule has 6 heteroatoms. The normalized spacial score (nSPS) is 13.3. The van der Waals surface area contributed by atoms with Crippen LogP contribution in [0.4, 0.5) is 17.1 Å². The predicted molar refractivity (Wildman–Crippen MR) is 159 cm³/mol. The SMILES string of the molecule is c1cncc(-c2cc(-c3cccnc3)cc(N3c4cccc5c4B4c6c(cccc6Oc6cccc3c64)O5)c2)c1. The predicted octanol–water partition coefficient (Wildman–Crippen LogP) is 6.32. The van der Waals surface area contributed by atoms with Crippen molar-refractivity contribution in [2.45, 2.75) is 0 Å². The third-order valence-electron chi connectivity index (χ3n) is 8.07. The lowest BCUT2D eigenvalue weighted by Crippen LogP contribution is -2.61. The van der Waals surface area contributed by atoms with Crippen LogP contribution in [0.1, 0.15) is 0 Å². The van der Waals surface area contributed by atoms with E-state index in [9.17, 15) is 0 Å². The molecule has 9 rings (SSSR count). The summed E-state index contributed by atoms with van der Waals surface area (Å²) in [4.78, 5) is 11.1. The fourth-order valence-electron chi connectivity index (χ4n) is 6.42. The second-order valence-electron chi connectivity index (χ2n) is 10.3. The van der Waals surface area contributed by atoms with Gasteiger partial charge in [-0.25, -0.2) is 0 Å². The topological polar surface area (TPSA) is 47.5 Å². The monoisotopic (exact) mass is 513 g/mol. The van der Waals surface area contributed by atoms with Crippen LogP contribution in [0.3, 0.4) is 0 Å². The van der Waals surface area contributed by atoms with Crippen LogP contribution in [0.25, 0.3) is 22.3 Å². The van der Waals surface area contributed by atoms with Gasteiger partial charge in [0.05, 0.1) is 0 Å². The summed E-state index contributed by atoms with van der Waals surface area (Å²) in [6, 6.07) is 33.6. The van der Waals surface area contributed by atoms with Crippen molar-refractivity contribution in [1.82, 2.24) is 9.97 Å². The van der Waals surface area contributed by atoms with Crippen LogP contribution in [0.2, 0.25) is 0 Å². The number of ether oxygens (including phenoxy) is 2. The molecule has 0 amide bonds. The summed E-state index contributed by atoms with van der Waals surface area (Å²) < 4.78 is 13.0. The van der Waals surface area contributed by atoms with Gasteiger partial charge in [0.2, 0.25) is 0 Å². The van der Waals surface area contributed by atoms with Gasteiger partial charge in [0.1, 0.15) is 23.0 Å². The lowest BCUT2D eigenvalue weighted by Gasteiger charge is -2.42. The van der Waals surface area contributed by atoms with Crippen LogP contribution in [0, 0.1) is 0 Å². The molecular weight excluding hydrogens is 493 g/mol. The molecule has 0 saturated heterocycles. The van der Waals surface area contributed by atoms with Crippen molar-refractivity contribution in [2.75, 3.05) is 4.90 Å². The zero-order chi connectivity index (χ0) is 26.2. The Morgan fingerprint density at radius 3 is 1.50 bits per heavy atom. The number of nitrogens with zero attached hydrogens (tertiary/aromatic N) is 3. The quantitative estimate of drug-likeness (QED) is 0.259. The first-order chi connectivity index (χ1) is 19.8. The number of benzene rings is 4. The Balaban J connectivity index is 1.34. The summed E-state index contributed by atoms with van der Waals surface area (Å²) in [6.45, 7) is 0.0432. The highest BCUT2D eigenvalue weighted by Crippen LogP contribution is 2.46. The average Bonchev–Trinajstić information content (AvgIpc) is 3.02. The number of hydrogen-bond donors (Lipinski definition) is 0. The van der Waals surface area contributed by atoms with Crippen molar-refractivity contribution in [2.24, 2.45) is 0 Å². The highest BCUT2D eigenvalue weighted by atomic mass is 16.5. The first-order valence-electron chi connectivity index (χ1n) is 13.3. The Morgan fingerprint density at radius 2 is 1.00 bits per heavy atom. The van der Waals surface area contributed by atoms with Crippen LogP contribution >= 0.6 is 0 Å². The van der Waals surface area contributed by atoms with Crippen LogP contribution in [0.5, 0.6) is 23.0 Å². The molecule has 0 saturated carbocycles. The number of hydrogen-bond acceptors (Lipinski definition) is 5. The second-order valence-corrected chi connectivity index (χ2v) is 10.3. The molecule has 3 aliphatic rings. The third kappa shape index (κ3) is 2.99. The van der Waals surface area contributed by atoms with Gasteiger partial charge in [-0.3, -0.25) is 9.97 Å². The lowest BCUT2D eigenvalue weighted by molar-refractivity contribution is 0.464. The van der Waals surface area contributed by atoms with E-state index < -0.39 is 0 Å². The molecule has 4 aromatic carbocycles. The summed E-state index contributed by atoms with van der Waals surface area (Å²) in [7, 11) is 0. The Labute approximate surface area is 231 Å². The first-order valence-corrected chi connectivity index (χ1v) is 13.3. The number of aromatic nitrogens is 2. The third-order valence-corrected chi connectivity index (χ3v) is 8.07. The molecule has 3 aliphatic heterocycles. The smallest absolute Gasteiger partial charge is 0.266 e. The maximum absolute atomic E-state index is 6.50. The number of pyridine rings is 2. The molecule has 0 N–H and O–H groups in total. The summed E-state index contributed by atoms with van der Waals surface area (Å²) in [5.41, 5.74) is 11.0. The minimum atomic E-state index is 0.0432. The molecule has 0 aliphatic carbocycles. The second kappa shape index (κ2) is 8.07. The van der Waals surface area contributed by atoms with Gasteiger partial charge in [0, 0.05) is 58.4 Å². The summed E-state index contributed by atoms with van der Waals surface area (Å²) in [5.74, 6) is 3.49. The van der Waals surface area contributed by atoms with Crippen LogP contribution in [0.15, 0.2) is 122 Å². The van der Waals surface area contributed by atoms with Gasteiger partial charge >= 0.3 is 0 Å². The Morgan fingerprint density at radius 1 is 0.500 bits per heavy atom. The fourth-order valence-corrected chi connectivity index (χ4v) is 6.42. The van der Waals surface area contributed by atoms with Crippen molar-refractivity contribution < 1.29 is 9.47 Å². The molecule has 5 nitrogen and oxygen atoms in total. The molecule has 186 valence electrons.